The van der Waals surface area contributed by atoms with E-state index >= 15 is 0 Å². The second kappa shape index (κ2) is 5.90. The minimum Gasteiger partial charge on any atom is -0.481 e. The molecule has 21 heavy (non-hydrogen) atoms. The van der Waals surface area contributed by atoms with Gasteiger partial charge in [0.25, 0.3) is 0 Å². The van der Waals surface area contributed by atoms with E-state index in [1.165, 1.54) is 18.0 Å². The number of fused-ring (bicyclic) bond motifs is 1. The van der Waals surface area contributed by atoms with Crippen LogP contribution in [0.2, 0.25) is 0 Å². The lowest BCUT2D eigenvalue weighted by molar-refractivity contribution is -0.133. The number of aliphatic carboxylic acids is 1. The van der Waals surface area contributed by atoms with Gasteiger partial charge in [0.2, 0.25) is 0 Å². The van der Waals surface area contributed by atoms with Crippen LogP contribution in [0, 0.1) is 0 Å². The highest BCUT2D eigenvalue weighted by Gasteiger charge is 2.14. The van der Waals surface area contributed by atoms with Crippen LogP contribution in [0.4, 0.5) is 0 Å². The number of rotatable bonds is 5. The third-order valence-corrected chi connectivity index (χ3v) is 4.27. The molecule has 0 atom stereocenters. The van der Waals surface area contributed by atoms with Gasteiger partial charge in [-0.2, -0.15) is 0 Å². The van der Waals surface area contributed by atoms with Crippen LogP contribution in [0.1, 0.15) is 5.69 Å². The van der Waals surface area contributed by atoms with Crippen LogP contribution in [-0.2, 0) is 11.3 Å². The fourth-order valence-electron chi connectivity index (χ4n) is 1.95. The van der Waals surface area contributed by atoms with Crippen molar-refractivity contribution in [3.05, 3.63) is 40.7 Å². The van der Waals surface area contributed by atoms with Gasteiger partial charge >= 0.3 is 5.97 Å². The minimum atomic E-state index is -0.874. The van der Waals surface area contributed by atoms with E-state index in [9.17, 15) is 4.79 Å². The Labute approximate surface area is 132 Å². The number of imidazole rings is 1. The summed E-state index contributed by atoms with van der Waals surface area (Å²) in [5.41, 5.74) is 2.49. The quantitative estimate of drug-likeness (QED) is 0.698. The van der Waals surface area contributed by atoms with E-state index in [1.807, 2.05) is 22.8 Å². The van der Waals surface area contributed by atoms with Gasteiger partial charge in [-0.1, -0.05) is 32.8 Å². The number of carbonyl (C=O) groups is 1. The summed E-state index contributed by atoms with van der Waals surface area (Å²) in [6, 6.07) is 7.54. The monoisotopic (exact) mass is 367 g/mol. The molecule has 0 aliphatic rings. The van der Waals surface area contributed by atoms with E-state index < -0.39 is 5.97 Å². The number of carboxylic acid groups (broad SMARTS) is 1. The minimum absolute atomic E-state index is 0.0384. The zero-order valence-corrected chi connectivity index (χ0v) is 13.1. The van der Waals surface area contributed by atoms with Crippen molar-refractivity contribution < 1.29 is 14.4 Å². The zero-order valence-electron chi connectivity index (χ0n) is 10.7. The van der Waals surface area contributed by atoms with Gasteiger partial charge in [-0.3, -0.25) is 4.79 Å². The number of hydrogen-bond acceptors (Lipinski definition) is 5. The Hall–Kier alpha value is -1.80. The van der Waals surface area contributed by atoms with E-state index in [1.54, 1.807) is 6.07 Å². The molecule has 0 spiro atoms. The largest absolute Gasteiger partial charge is 0.481 e. The Bertz CT molecular complexity index is 785. The summed E-state index contributed by atoms with van der Waals surface area (Å²) in [5, 5.41) is 13.4. The molecule has 108 valence electrons. The Kier molecular flexibility index (Phi) is 3.98. The van der Waals surface area contributed by atoms with Crippen molar-refractivity contribution in [1.29, 1.82) is 0 Å². The van der Waals surface area contributed by atoms with Gasteiger partial charge in [0, 0.05) is 10.5 Å². The van der Waals surface area contributed by atoms with Gasteiger partial charge in [0.15, 0.2) is 5.16 Å². The highest BCUT2D eigenvalue weighted by atomic mass is 79.9. The maximum absolute atomic E-state index is 10.8. The molecule has 1 N–H and O–H groups in total. The fourth-order valence-corrected chi connectivity index (χ4v) is 3.03. The first-order valence-corrected chi connectivity index (χ1v) is 7.81. The molecule has 6 nitrogen and oxygen atoms in total. The molecule has 2 aromatic heterocycles. The molecular formula is C13H10BrN3O3S. The van der Waals surface area contributed by atoms with Crippen LogP contribution < -0.4 is 0 Å². The molecule has 0 aliphatic carbocycles. The summed E-state index contributed by atoms with van der Waals surface area (Å²) in [7, 11) is 0. The first-order chi connectivity index (χ1) is 10.1. The van der Waals surface area contributed by atoms with Gasteiger partial charge in [-0.05, 0) is 18.2 Å². The first-order valence-electron chi connectivity index (χ1n) is 6.03. The Balaban J connectivity index is 2.03. The highest BCUT2D eigenvalue weighted by molar-refractivity contribution is 9.10. The SMILES string of the molecule is O=C(O)CSc1nc2cc(Br)ccc2n1Cc1ccon1. The molecule has 0 saturated heterocycles. The molecule has 0 unspecified atom stereocenters. The lowest BCUT2D eigenvalue weighted by Gasteiger charge is -2.05. The number of carboxylic acids is 1. The van der Waals surface area contributed by atoms with Crippen molar-refractivity contribution in [1.82, 2.24) is 14.7 Å². The standard InChI is InChI=1S/C13H10BrN3O3S/c14-8-1-2-11-10(5-8)15-13(21-7-12(18)19)17(11)6-9-3-4-20-16-9/h1-5H,6-7H2,(H,18,19). The lowest BCUT2D eigenvalue weighted by atomic mass is 10.3. The van der Waals surface area contributed by atoms with E-state index in [4.69, 9.17) is 9.63 Å². The molecule has 0 amide bonds. The van der Waals surface area contributed by atoms with Crippen molar-refractivity contribution >= 4 is 44.7 Å². The number of nitrogens with zero attached hydrogens (tertiary/aromatic N) is 3. The zero-order chi connectivity index (χ0) is 14.8. The summed E-state index contributed by atoms with van der Waals surface area (Å²) < 4.78 is 7.70. The van der Waals surface area contributed by atoms with Crippen LogP contribution in [0.3, 0.4) is 0 Å². The summed E-state index contributed by atoms with van der Waals surface area (Å²) in [4.78, 5) is 15.3. The summed E-state index contributed by atoms with van der Waals surface area (Å²) in [6.07, 6.45) is 1.51. The van der Waals surface area contributed by atoms with E-state index in [0.717, 1.165) is 21.2 Å². The molecule has 2 heterocycles. The van der Waals surface area contributed by atoms with Crippen molar-refractivity contribution in [2.75, 3.05) is 5.75 Å². The van der Waals surface area contributed by atoms with Gasteiger partial charge in [0.1, 0.15) is 12.0 Å². The Morgan fingerprint density at radius 3 is 3.00 bits per heavy atom. The number of hydrogen-bond donors (Lipinski definition) is 1. The van der Waals surface area contributed by atoms with Crippen molar-refractivity contribution in [3.8, 4) is 0 Å². The van der Waals surface area contributed by atoms with Crippen LogP contribution in [-0.4, -0.2) is 31.5 Å². The lowest BCUT2D eigenvalue weighted by Crippen LogP contribution is -2.04. The predicted octanol–water partition coefficient (Wildman–Crippen LogP) is 3.01. The molecule has 8 heteroatoms. The van der Waals surface area contributed by atoms with Gasteiger partial charge in [0.05, 0.1) is 23.3 Å². The molecule has 0 fully saturated rings. The number of aromatic nitrogens is 3. The van der Waals surface area contributed by atoms with Crippen LogP contribution in [0.15, 0.2) is 44.7 Å². The average Bonchev–Trinajstić information content (AvgIpc) is 3.05. The Morgan fingerprint density at radius 1 is 1.43 bits per heavy atom. The van der Waals surface area contributed by atoms with Crippen LogP contribution in [0.5, 0.6) is 0 Å². The van der Waals surface area contributed by atoms with Gasteiger partial charge < -0.3 is 14.2 Å². The molecule has 0 radical (unpaired) electrons. The topological polar surface area (TPSA) is 81.1 Å². The maximum atomic E-state index is 10.8. The number of benzene rings is 1. The summed E-state index contributed by atoms with van der Waals surface area (Å²) in [6.45, 7) is 0.483. The van der Waals surface area contributed by atoms with E-state index in [-0.39, 0.29) is 5.75 Å². The van der Waals surface area contributed by atoms with Gasteiger partial charge in [-0.25, -0.2) is 4.98 Å². The van der Waals surface area contributed by atoms with E-state index in [0.29, 0.717) is 11.7 Å². The highest BCUT2D eigenvalue weighted by Crippen LogP contribution is 2.27. The predicted molar refractivity (Wildman–Crippen MR) is 81.4 cm³/mol. The van der Waals surface area contributed by atoms with E-state index in [2.05, 4.69) is 26.1 Å². The Morgan fingerprint density at radius 2 is 2.29 bits per heavy atom. The van der Waals surface area contributed by atoms with Gasteiger partial charge in [-0.15, -0.1) is 0 Å². The molecule has 0 saturated carbocycles. The summed E-state index contributed by atoms with van der Waals surface area (Å²) >= 11 is 4.60. The number of thioether (sulfide) groups is 1. The maximum Gasteiger partial charge on any atom is 0.313 e. The fraction of sp³-hybridized carbons (Fsp3) is 0.154. The second-order valence-corrected chi connectivity index (χ2v) is 6.14. The molecule has 1 aromatic carbocycles. The van der Waals surface area contributed by atoms with Crippen molar-refractivity contribution in [2.45, 2.75) is 11.7 Å². The third-order valence-electron chi connectivity index (χ3n) is 2.81. The molecule has 0 aliphatic heterocycles. The smallest absolute Gasteiger partial charge is 0.313 e. The molecule has 0 bridgehead atoms. The number of halogens is 1. The van der Waals surface area contributed by atoms with Crippen LogP contribution >= 0.6 is 27.7 Å². The average molecular weight is 368 g/mol. The second-order valence-electron chi connectivity index (χ2n) is 4.29. The first kappa shape index (κ1) is 14.2. The molecule has 3 rings (SSSR count). The summed E-state index contributed by atoms with van der Waals surface area (Å²) in [5.74, 6) is -0.912. The molecule has 3 aromatic rings. The molecular weight excluding hydrogens is 358 g/mol. The van der Waals surface area contributed by atoms with Crippen LogP contribution in [0.25, 0.3) is 11.0 Å². The van der Waals surface area contributed by atoms with Crippen molar-refractivity contribution in [3.63, 3.8) is 0 Å². The van der Waals surface area contributed by atoms with Crippen molar-refractivity contribution in [2.24, 2.45) is 0 Å². The third kappa shape index (κ3) is 3.11. The normalized spacial score (nSPS) is 11.1.